The maximum Gasteiger partial charge on any atom is 0.292 e. The predicted molar refractivity (Wildman–Crippen MR) is 77.6 cm³/mol. The summed E-state index contributed by atoms with van der Waals surface area (Å²) in [5, 5.41) is 13.6. The molecule has 0 aliphatic rings. The molecule has 1 unspecified atom stereocenters. The van der Waals surface area contributed by atoms with Gasteiger partial charge in [0, 0.05) is 12.1 Å². The lowest BCUT2D eigenvalue weighted by Gasteiger charge is -2.17. The molecular weight excluding hydrogens is 260 g/mol. The van der Waals surface area contributed by atoms with Gasteiger partial charge in [-0.15, -0.1) is 0 Å². The van der Waals surface area contributed by atoms with Gasteiger partial charge in [-0.05, 0) is 40.1 Å². The highest BCUT2D eigenvalue weighted by atomic mass is 16.6. The van der Waals surface area contributed by atoms with Gasteiger partial charge in [0.25, 0.3) is 11.6 Å². The summed E-state index contributed by atoms with van der Waals surface area (Å²) in [6.45, 7) is 2.72. The Kier molecular flexibility index (Phi) is 5.45. The molecule has 1 amide bonds. The number of nitrogens with one attached hydrogen (secondary N) is 1. The highest BCUT2D eigenvalue weighted by Gasteiger charge is 2.19. The van der Waals surface area contributed by atoms with Gasteiger partial charge in [-0.2, -0.15) is 0 Å². The summed E-state index contributed by atoms with van der Waals surface area (Å²) in [6.07, 6.45) is 0.785. The summed E-state index contributed by atoms with van der Waals surface area (Å²) < 4.78 is 0. The molecule has 0 radical (unpaired) electrons. The van der Waals surface area contributed by atoms with Crippen LogP contribution in [-0.2, 0) is 0 Å². The molecule has 0 fully saturated rings. The van der Waals surface area contributed by atoms with Crippen LogP contribution in [-0.4, -0.2) is 42.4 Å². The van der Waals surface area contributed by atoms with Crippen molar-refractivity contribution in [2.24, 2.45) is 0 Å². The van der Waals surface area contributed by atoms with Gasteiger partial charge in [-0.1, -0.05) is 6.07 Å². The molecule has 0 aromatic heterocycles. The number of nitro groups is 1. The molecule has 0 aliphatic carbocycles. The fraction of sp³-hybridized carbons (Fsp3) is 0.462. The van der Waals surface area contributed by atoms with Gasteiger partial charge in [-0.3, -0.25) is 14.9 Å². The Labute approximate surface area is 117 Å². The highest BCUT2D eigenvalue weighted by Crippen LogP contribution is 2.24. The van der Waals surface area contributed by atoms with E-state index in [1.165, 1.54) is 18.2 Å². The molecule has 1 atom stereocenters. The van der Waals surface area contributed by atoms with Crippen LogP contribution in [0.25, 0.3) is 0 Å². The van der Waals surface area contributed by atoms with E-state index in [9.17, 15) is 14.9 Å². The molecule has 0 bridgehead atoms. The molecule has 0 spiro atoms. The zero-order valence-electron chi connectivity index (χ0n) is 11.9. The molecule has 0 aliphatic heterocycles. The average Bonchev–Trinajstić information content (AvgIpc) is 2.36. The van der Waals surface area contributed by atoms with E-state index >= 15 is 0 Å². The summed E-state index contributed by atoms with van der Waals surface area (Å²) in [7, 11) is 3.90. The first-order chi connectivity index (χ1) is 9.32. The number of hydrogen-bond acceptors (Lipinski definition) is 5. The first-order valence-electron chi connectivity index (χ1n) is 6.31. The van der Waals surface area contributed by atoms with Crippen LogP contribution in [0.5, 0.6) is 0 Å². The molecule has 1 aromatic carbocycles. The molecule has 7 nitrogen and oxygen atoms in total. The Morgan fingerprint density at radius 1 is 1.50 bits per heavy atom. The number of amides is 1. The Morgan fingerprint density at radius 3 is 2.70 bits per heavy atom. The summed E-state index contributed by atoms with van der Waals surface area (Å²) in [4.78, 5) is 24.3. The number of benzene rings is 1. The van der Waals surface area contributed by atoms with Gasteiger partial charge in [0.15, 0.2) is 0 Å². The van der Waals surface area contributed by atoms with Crippen molar-refractivity contribution in [3.05, 3.63) is 33.9 Å². The Bertz CT molecular complexity index is 502. The molecule has 0 saturated carbocycles. The fourth-order valence-electron chi connectivity index (χ4n) is 1.74. The summed E-state index contributed by atoms with van der Waals surface area (Å²) in [5.41, 5.74) is 5.45. The van der Waals surface area contributed by atoms with Crippen LogP contribution in [0.2, 0.25) is 0 Å². The third kappa shape index (κ3) is 4.20. The predicted octanol–water partition coefficient (Wildman–Crippen LogP) is 1.25. The van der Waals surface area contributed by atoms with E-state index in [2.05, 4.69) is 5.32 Å². The lowest BCUT2D eigenvalue weighted by Crippen LogP contribution is -2.35. The number of nitrogens with two attached hydrogens (primary N) is 1. The fourth-order valence-corrected chi connectivity index (χ4v) is 1.74. The second kappa shape index (κ2) is 6.85. The average molecular weight is 280 g/mol. The van der Waals surface area contributed by atoms with E-state index in [4.69, 9.17) is 5.73 Å². The molecule has 7 heteroatoms. The Morgan fingerprint density at radius 2 is 2.15 bits per heavy atom. The van der Waals surface area contributed by atoms with Gasteiger partial charge in [0.1, 0.15) is 5.69 Å². The van der Waals surface area contributed by atoms with E-state index in [1.54, 1.807) is 0 Å². The van der Waals surface area contributed by atoms with Crippen LogP contribution >= 0.6 is 0 Å². The van der Waals surface area contributed by atoms with E-state index in [0.717, 1.165) is 13.0 Å². The van der Waals surface area contributed by atoms with Crippen molar-refractivity contribution >= 4 is 17.3 Å². The lowest BCUT2D eigenvalue weighted by atomic mass is 10.1. The standard InChI is InChI=1S/C13H20N4O3/c1-9(7-8-16(2)3)15-13(18)10-5-4-6-11(12(10)14)17(19)20/h4-6,9H,7-8,14H2,1-3H3,(H,15,18). The Hall–Kier alpha value is -2.15. The van der Waals surface area contributed by atoms with Crippen molar-refractivity contribution in [3.63, 3.8) is 0 Å². The van der Waals surface area contributed by atoms with Crippen LogP contribution < -0.4 is 11.1 Å². The summed E-state index contributed by atoms with van der Waals surface area (Å²) >= 11 is 0. The monoisotopic (exact) mass is 280 g/mol. The second-order valence-electron chi connectivity index (χ2n) is 4.96. The molecule has 1 rings (SSSR count). The van der Waals surface area contributed by atoms with Gasteiger partial charge < -0.3 is 16.0 Å². The maximum atomic E-state index is 12.1. The second-order valence-corrected chi connectivity index (χ2v) is 4.96. The molecule has 20 heavy (non-hydrogen) atoms. The quantitative estimate of drug-likeness (QED) is 0.464. The highest BCUT2D eigenvalue weighted by molar-refractivity contribution is 6.01. The van der Waals surface area contributed by atoms with Crippen molar-refractivity contribution < 1.29 is 9.72 Å². The van der Waals surface area contributed by atoms with Gasteiger partial charge >= 0.3 is 0 Å². The number of carbonyl (C=O) groups is 1. The van der Waals surface area contributed by atoms with Crippen molar-refractivity contribution in [3.8, 4) is 0 Å². The molecular formula is C13H20N4O3. The number of carbonyl (C=O) groups excluding carboxylic acids is 1. The minimum atomic E-state index is -0.596. The SMILES string of the molecule is CC(CCN(C)C)NC(=O)c1cccc([N+](=O)[O-])c1N. The molecule has 3 N–H and O–H groups in total. The third-order valence-corrected chi connectivity index (χ3v) is 2.91. The number of rotatable bonds is 6. The number of nitrogens with zero attached hydrogens (tertiary/aromatic N) is 2. The van der Waals surface area contributed by atoms with Crippen LogP contribution in [0.1, 0.15) is 23.7 Å². The number of nitrogen functional groups attached to an aromatic ring is 1. The largest absolute Gasteiger partial charge is 0.393 e. The first kappa shape index (κ1) is 15.9. The summed E-state index contributed by atoms with van der Waals surface area (Å²) in [6, 6.07) is 4.18. The topological polar surface area (TPSA) is 102 Å². The van der Waals surface area contributed by atoms with E-state index in [-0.39, 0.29) is 23.0 Å². The maximum absolute atomic E-state index is 12.1. The van der Waals surface area contributed by atoms with E-state index < -0.39 is 10.8 Å². The zero-order chi connectivity index (χ0) is 15.3. The Balaban J connectivity index is 2.78. The van der Waals surface area contributed by atoms with Crippen LogP contribution in [0.15, 0.2) is 18.2 Å². The van der Waals surface area contributed by atoms with Crippen molar-refractivity contribution in [1.29, 1.82) is 0 Å². The van der Waals surface area contributed by atoms with E-state index in [1.807, 2.05) is 25.9 Å². The van der Waals surface area contributed by atoms with Crippen molar-refractivity contribution in [2.75, 3.05) is 26.4 Å². The summed E-state index contributed by atoms with van der Waals surface area (Å²) in [5.74, 6) is -0.391. The van der Waals surface area contributed by atoms with Crippen molar-refractivity contribution in [2.45, 2.75) is 19.4 Å². The first-order valence-corrected chi connectivity index (χ1v) is 6.31. The number of anilines is 1. The van der Waals surface area contributed by atoms with Crippen LogP contribution in [0.3, 0.4) is 0 Å². The van der Waals surface area contributed by atoms with Gasteiger partial charge in [0.2, 0.25) is 0 Å². The normalized spacial score (nSPS) is 12.2. The third-order valence-electron chi connectivity index (χ3n) is 2.91. The number of hydrogen-bond donors (Lipinski definition) is 2. The van der Waals surface area contributed by atoms with Crippen LogP contribution in [0, 0.1) is 10.1 Å². The smallest absolute Gasteiger partial charge is 0.292 e. The minimum absolute atomic E-state index is 0.0384. The number of nitro benzene ring substituents is 1. The lowest BCUT2D eigenvalue weighted by molar-refractivity contribution is -0.383. The van der Waals surface area contributed by atoms with E-state index in [0.29, 0.717) is 0 Å². The molecule has 1 aromatic rings. The molecule has 0 saturated heterocycles. The van der Waals surface area contributed by atoms with Gasteiger partial charge in [-0.25, -0.2) is 0 Å². The molecule has 110 valence electrons. The minimum Gasteiger partial charge on any atom is -0.393 e. The number of para-hydroxylation sites is 1. The van der Waals surface area contributed by atoms with Crippen LogP contribution in [0.4, 0.5) is 11.4 Å². The zero-order valence-corrected chi connectivity index (χ0v) is 11.9. The van der Waals surface area contributed by atoms with Crippen molar-refractivity contribution in [1.82, 2.24) is 10.2 Å². The van der Waals surface area contributed by atoms with Gasteiger partial charge in [0.05, 0.1) is 10.5 Å². The molecule has 0 heterocycles.